The van der Waals surface area contributed by atoms with Gasteiger partial charge in [-0.05, 0) is 30.5 Å². The number of methoxy groups -OCH3 is 2. The lowest BCUT2D eigenvalue weighted by atomic mass is 9.77. The summed E-state index contributed by atoms with van der Waals surface area (Å²) in [4.78, 5) is 0. The first-order valence-electron chi connectivity index (χ1n) is 6.31. The zero-order valence-electron chi connectivity index (χ0n) is 11.0. The number of rotatable bonds is 3. The molecule has 2 rings (SSSR count). The van der Waals surface area contributed by atoms with E-state index in [-0.39, 0.29) is 5.54 Å². The monoisotopic (exact) mass is 313 g/mol. The van der Waals surface area contributed by atoms with Crippen molar-refractivity contribution in [3.05, 3.63) is 22.2 Å². The third kappa shape index (κ3) is 2.50. The van der Waals surface area contributed by atoms with Crippen molar-refractivity contribution in [2.24, 2.45) is 5.73 Å². The van der Waals surface area contributed by atoms with E-state index < -0.39 is 0 Å². The molecule has 18 heavy (non-hydrogen) atoms. The van der Waals surface area contributed by atoms with Crippen molar-refractivity contribution in [3.63, 3.8) is 0 Å². The van der Waals surface area contributed by atoms with Crippen LogP contribution in [0.4, 0.5) is 0 Å². The van der Waals surface area contributed by atoms with Gasteiger partial charge in [-0.15, -0.1) is 0 Å². The molecule has 2 N–H and O–H groups in total. The van der Waals surface area contributed by atoms with Crippen molar-refractivity contribution in [1.82, 2.24) is 0 Å². The van der Waals surface area contributed by atoms with E-state index in [0.29, 0.717) is 0 Å². The van der Waals surface area contributed by atoms with Gasteiger partial charge in [-0.25, -0.2) is 0 Å². The molecule has 0 heterocycles. The number of nitrogens with two attached hydrogens (primary N) is 1. The molecule has 1 aliphatic carbocycles. The fourth-order valence-electron chi connectivity index (χ4n) is 2.69. The van der Waals surface area contributed by atoms with Gasteiger partial charge in [0.1, 0.15) is 0 Å². The van der Waals surface area contributed by atoms with E-state index in [1.54, 1.807) is 14.2 Å². The lowest BCUT2D eigenvalue weighted by Gasteiger charge is -2.35. The minimum atomic E-state index is -0.239. The van der Waals surface area contributed by atoms with Crippen molar-refractivity contribution in [2.75, 3.05) is 14.2 Å². The number of ether oxygens (including phenoxy) is 2. The predicted molar refractivity (Wildman–Crippen MR) is 76.2 cm³/mol. The van der Waals surface area contributed by atoms with Crippen molar-refractivity contribution < 1.29 is 9.47 Å². The molecule has 0 unspecified atom stereocenters. The summed E-state index contributed by atoms with van der Waals surface area (Å²) in [6, 6.07) is 3.95. The van der Waals surface area contributed by atoms with E-state index >= 15 is 0 Å². The predicted octanol–water partition coefficient (Wildman–Crippen LogP) is 3.58. The molecule has 3 nitrogen and oxygen atoms in total. The third-order valence-electron chi connectivity index (χ3n) is 3.76. The Labute approximate surface area is 117 Å². The van der Waals surface area contributed by atoms with Gasteiger partial charge in [-0.3, -0.25) is 0 Å². The molecule has 0 aliphatic heterocycles. The number of hydrogen-bond donors (Lipinski definition) is 1. The van der Waals surface area contributed by atoms with Crippen LogP contribution in [0.1, 0.15) is 37.7 Å². The topological polar surface area (TPSA) is 44.5 Å². The van der Waals surface area contributed by atoms with Crippen molar-refractivity contribution >= 4 is 15.9 Å². The normalized spacial score (nSPS) is 18.4. The van der Waals surface area contributed by atoms with Gasteiger partial charge in [0.25, 0.3) is 0 Å². The second-order valence-electron chi connectivity index (χ2n) is 4.90. The molecule has 1 fully saturated rings. The van der Waals surface area contributed by atoms with Gasteiger partial charge >= 0.3 is 0 Å². The van der Waals surface area contributed by atoms with Crippen LogP contribution in [0, 0.1) is 0 Å². The van der Waals surface area contributed by atoms with Gasteiger partial charge in [0.05, 0.1) is 14.2 Å². The summed E-state index contributed by atoms with van der Waals surface area (Å²) in [6.07, 6.45) is 5.72. The smallest absolute Gasteiger partial charge is 0.161 e. The van der Waals surface area contributed by atoms with Gasteiger partial charge in [-0.2, -0.15) is 0 Å². The van der Waals surface area contributed by atoms with E-state index in [1.165, 1.54) is 19.3 Å². The summed E-state index contributed by atoms with van der Waals surface area (Å²) < 4.78 is 11.7. The molecule has 100 valence electrons. The lowest BCUT2D eigenvalue weighted by Crippen LogP contribution is -2.38. The van der Waals surface area contributed by atoms with Crippen LogP contribution in [0.5, 0.6) is 11.5 Å². The second-order valence-corrected chi connectivity index (χ2v) is 5.76. The highest BCUT2D eigenvalue weighted by atomic mass is 79.9. The Kier molecular flexibility index (Phi) is 4.17. The first-order chi connectivity index (χ1) is 8.60. The van der Waals surface area contributed by atoms with E-state index in [1.807, 2.05) is 12.1 Å². The molecule has 0 spiro atoms. The molecule has 1 aromatic rings. The molecule has 0 radical (unpaired) electrons. The Morgan fingerprint density at radius 3 is 2.17 bits per heavy atom. The van der Waals surface area contributed by atoms with Gasteiger partial charge in [-0.1, -0.05) is 35.2 Å². The first kappa shape index (κ1) is 13.7. The molecule has 0 aromatic heterocycles. The summed E-state index contributed by atoms with van der Waals surface area (Å²) in [5.74, 6) is 1.47. The van der Waals surface area contributed by atoms with Crippen molar-refractivity contribution in [2.45, 2.75) is 37.6 Å². The van der Waals surface area contributed by atoms with Crippen LogP contribution in [0.3, 0.4) is 0 Å². The molecule has 1 aliphatic rings. The minimum Gasteiger partial charge on any atom is -0.493 e. The quantitative estimate of drug-likeness (QED) is 0.927. The average molecular weight is 314 g/mol. The Hall–Kier alpha value is -0.740. The van der Waals surface area contributed by atoms with Gasteiger partial charge in [0, 0.05) is 10.0 Å². The van der Waals surface area contributed by atoms with Crippen LogP contribution < -0.4 is 15.2 Å². The maximum Gasteiger partial charge on any atom is 0.161 e. The highest BCUT2D eigenvalue weighted by molar-refractivity contribution is 9.10. The average Bonchev–Trinajstić information content (AvgIpc) is 2.39. The van der Waals surface area contributed by atoms with Gasteiger partial charge < -0.3 is 15.2 Å². The fourth-order valence-corrected chi connectivity index (χ4v) is 3.40. The Morgan fingerprint density at radius 1 is 1.06 bits per heavy atom. The second kappa shape index (κ2) is 5.49. The van der Waals surface area contributed by atoms with Crippen LogP contribution in [0.15, 0.2) is 16.6 Å². The Bertz CT molecular complexity index is 428. The number of hydrogen-bond acceptors (Lipinski definition) is 3. The first-order valence-corrected chi connectivity index (χ1v) is 7.11. The molecular formula is C14H20BrNO2. The SMILES string of the molecule is COc1cc(Br)c(C2(N)CCCCC2)cc1OC. The van der Waals surface area contributed by atoms with Crippen LogP contribution in [0.25, 0.3) is 0 Å². The molecule has 0 saturated heterocycles. The van der Waals surface area contributed by atoms with Crippen LogP contribution >= 0.6 is 15.9 Å². The zero-order chi connectivity index (χ0) is 13.2. The highest BCUT2D eigenvalue weighted by Crippen LogP contribution is 2.42. The minimum absolute atomic E-state index is 0.239. The van der Waals surface area contributed by atoms with E-state index in [9.17, 15) is 0 Å². The zero-order valence-corrected chi connectivity index (χ0v) is 12.5. The highest BCUT2D eigenvalue weighted by Gasteiger charge is 2.32. The summed E-state index contributed by atoms with van der Waals surface area (Å²) in [5, 5.41) is 0. The molecule has 0 amide bonds. The van der Waals surface area contributed by atoms with Crippen molar-refractivity contribution in [3.8, 4) is 11.5 Å². The lowest BCUT2D eigenvalue weighted by molar-refractivity contribution is 0.297. The number of halogens is 1. The molecule has 1 aromatic carbocycles. The van der Waals surface area contributed by atoms with Crippen LogP contribution in [0.2, 0.25) is 0 Å². The summed E-state index contributed by atoms with van der Waals surface area (Å²) in [5.41, 5.74) is 7.46. The maximum absolute atomic E-state index is 6.57. The molecule has 0 atom stereocenters. The van der Waals surface area contributed by atoms with Crippen LogP contribution in [-0.2, 0) is 5.54 Å². The number of benzene rings is 1. The molecule has 0 bridgehead atoms. The summed E-state index contributed by atoms with van der Waals surface area (Å²) in [7, 11) is 3.29. The van der Waals surface area contributed by atoms with Gasteiger partial charge in [0.15, 0.2) is 11.5 Å². The summed E-state index contributed by atoms with van der Waals surface area (Å²) in [6.45, 7) is 0. The van der Waals surface area contributed by atoms with E-state index in [2.05, 4.69) is 15.9 Å². The van der Waals surface area contributed by atoms with Gasteiger partial charge in [0.2, 0.25) is 0 Å². The molecular weight excluding hydrogens is 294 g/mol. The van der Waals surface area contributed by atoms with Crippen LogP contribution in [-0.4, -0.2) is 14.2 Å². The third-order valence-corrected chi connectivity index (χ3v) is 4.41. The summed E-state index contributed by atoms with van der Waals surface area (Å²) >= 11 is 3.61. The Balaban J connectivity index is 2.43. The van der Waals surface area contributed by atoms with E-state index in [0.717, 1.165) is 34.4 Å². The molecule has 1 saturated carbocycles. The Morgan fingerprint density at radius 2 is 1.61 bits per heavy atom. The van der Waals surface area contributed by atoms with E-state index in [4.69, 9.17) is 15.2 Å². The van der Waals surface area contributed by atoms with Crippen molar-refractivity contribution in [1.29, 1.82) is 0 Å². The fraction of sp³-hybridized carbons (Fsp3) is 0.571. The largest absolute Gasteiger partial charge is 0.493 e. The molecule has 4 heteroatoms. The maximum atomic E-state index is 6.57. The standard InChI is InChI=1S/C14H20BrNO2/c1-17-12-8-10(11(15)9-13(12)18-2)14(16)6-4-3-5-7-14/h8-9H,3-7,16H2,1-2H3.